The Balaban J connectivity index is 1.54. The van der Waals surface area contributed by atoms with E-state index in [1.54, 1.807) is 4.90 Å². The van der Waals surface area contributed by atoms with E-state index in [4.69, 9.17) is 10.2 Å². The number of likely N-dealkylation sites (tertiary alicyclic amines) is 2. The number of β-amino-alcohol motifs (C(OH)–C–C–N with tert-alkyl or cyclic N) is 1. The second kappa shape index (κ2) is 8.18. The lowest BCUT2D eigenvalue weighted by molar-refractivity contribution is -0.142. The molecule has 0 bridgehead atoms. The third kappa shape index (κ3) is 4.24. The minimum absolute atomic E-state index is 0.00149. The molecule has 0 aliphatic carbocycles. The summed E-state index contributed by atoms with van der Waals surface area (Å²) in [5.41, 5.74) is 1.91. The first-order valence-electron chi connectivity index (χ1n) is 9.40. The fourth-order valence-electron chi connectivity index (χ4n) is 4.11. The average molecular weight is 360 g/mol. The van der Waals surface area contributed by atoms with Crippen LogP contribution in [0.15, 0.2) is 24.3 Å². The Kier molecular flexibility index (Phi) is 5.94. The second-order valence-electron chi connectivity index (χ2n) is 7.57. The van der Waals surface area contributed by atoms with Crippen LogP contribution in [0.5, 0.6) is 0 Å². The van der Waals surface area contributed by atoms with Crippen LogP contribution >= 0.6 is 0 Å². The maximum absolute atomic E-state index is 12.6. The van der Waals surface area contributed by atoms with Crippen molar-refractivity contribution in [2.45, 2.75) is 38.7 Å². The molecule has 26 heavy (non-hydrogen) atoms. The molecule has 2 amide bonds. The molecule has 6 nitrogen and oxygen atoms in total. The number of carbonyl (C=O) groups is 2. The third-order valence-corrected chi connectivity index (χ3v) is 5.86. The molecule has 2 aliphatic heterocycles. The Hall–Kier alpha value is -1.92. The number of amides is 2. The Labute approximate surface area is 154 Å². The molecule has 1 spiro atoms. The molecule has 1 aromatic rings. The zero-order valence-corrected chi connectivity index (χ0v) is 15.2. The van der Waals surface area contributed by atoms with Crippen molar-refractivity contribution < 1.29 is 19.8 Å². The lowest BCUT2D eigenvalue weighted by Gasteiger charge is -2.47. The Morgan fingerprint density at radius 1 is 1.04 bits per heavy atom. The highest BCUT2D eigenvalue weighted by Gasteiger charge is 2.41. The van der Waals surface area contributed by atoms with Crippen LogP contribution in [0.4, 0.5) is 0 Å². The number of hydrogen-bond acceptors (Lipinski definition) is 4. The summed E-state index contributed by atoms with van der Waals surface area (Å²) >= 11 is 0. The summed E-state index contributed by atoms with van der Waals surface area (Å²) in [5.74, 6) is 0.269. The standard InChI is InChI=1S/C20H28N2O4/c23-12-11-22-15-20(6-5-18(22)25)7-9-21(10-8-20)19(26)13-16-1-3-17(14-24)4-2-16/h1-4,23-24H,5-15H2. The van der Waals surface area contributed by atoms with Crippen molar-refractivity contribution in [3.63, 3.8) is 0 Å². The van der Waals surface area contributed by atoms with Crippen molar-refractivity contribution in [2.24, 2.45) is 5.41 Å². The van der Waals surface area contributed by atoms with E-state index in [9.17, 15) is 9.59 Å². The largest absolute Gasteiger partial charge is 0.395 e. The van der Waals surface area contributed by atoms with Gasteiger partial charge in [-0.05, 0) is 35.8 Å². The molecular weight excluding hydrogens is 332 g/mol. The molecule has 142 valence electrons. The molecule has 3 rings (SSSR count). The lowest BCUT2D eigenvalue weighted by Crippen LogP contribution is -2.53. The molecular formula is C20H28N2O4. The first-order chi connectivity index (χ1) is 12.5. The summed E-state index contributed by atoms with van der Waals surface area (Å²) in [6.45, 7) is 2.59. The van der Waals surface area contributed by atoms with Crippen molar-refractivity contribution >= 4 is 11.8 Å². The van der Waals surface area contributed by atoms with Gasteiger partial charge in [0.1, 0.15) is 0 Å². The normalized spacial score (nSPS) is 19.8. The highest BCUT2D eigenvalue weighted by molar-refractivity contribution is 5.79. The van der Waals surface area contributed by atoms with Gasteiger partial charge < -0.3 is 20.0 Å². The van der Waals surface area contributed by atoms with Gasteiger partial charge in [0, 0.05) is 32.6 Å². The van der Waals surface area contributed by atoms with E-state index in [1.165, 1.54) is 0 Å². The summed E-state index contributed by atoms with van der Waals surface area (Å²) < 4.78 is 0. The van der Waals surface area contributed by atoms with E-state index in [1.807, 2.05) is 29.2 Å². The van der Waals surface area contributed by atoms with Crippen molar-refractivity contribution in [3.05, 3.63) is 35.4 Å². The summed E-state index contributed by atoms with van der Waals surface area (Å²) in [4.78, 5) is 28.3. The molecule has 0 unspecified atom stereocenters. The second-order valence-corrected chi connectivity index (χ2v) is 7.57. The number of rotatable bonds is 5. The van der Waals surface area contributed by atoms with E-state index < -0.39 is 0 Å². The first kappa shape index (κ1) is 18.9. The number of nitrogens with zero attached hydrogens (tertiary/aromatic N) is 2. The first-order valence-corrected chi connectivity index (χ1v) is 9.40. The fourth-order valence-corrected chi connectivity index (χ4v) is 4.11. The molecule has 0 radical (unpaired) electrons. The topological polar surface area (TPSA) is 81.1 Å². The summed E-state index contributed by atoms with van der Waals surface area (Å²) in [5, 5.41) is 18.2. The molecule has 2 saturated heterocycles. The number of piperidine rings is 2. The van der Waals surface area contributed by atoms with E-state index in [0.29, 0.717) is 25.9 Å². The van der Waals surface area contributed by atoms with Crippen LogP contribution in [0.1, 0.15) is 36.8 Å². The molecule has 2 fully saturated rings. The number of hydrogen-bond donors (Lipinski definition) is 2. The highest BCUT2D eigenvalue weighted by Crippen LogP contribution is 2.40. The van der Waals surface area contributed by atoms with Crippen molar-refractivity contribution in [2.75, 3.05) is 32.8 Å². The van der Waals surface area contributed by atoms with Crippen molar-refractivity contribution in [1.82, 2.24) is 9.80 Å². The van der Waals surface area contributed by atoms with Gasteiger partial charge >= 0.3 is 0 Å². The predicted octanol–water partition coefficient (Wildman–Crippen LogP) is 0.945. The van der Waals surface area contributed by atoms with Crippen molar-refractivity contribution in [3.8, 4) is 0 Å². The van der Waals surface area contributed by atoms with Crippen LogP contribution in [0.3, 0.4) is 0 Å². The van der Waals surface area contributed by atoms with Crippen LogP contribution in [0, 0.1) is 5.41 Å². The maximum atomic E-state index is 12.6. The van der Waals surface area contributed by atoms with Gasteiger partial charge in [-0.1, -0.05) is 24.3 Å². The third-order valence-electron chi connectivity index (χ3n) is 5.86. The molecule has 2 aliphatic rings. The SMILES string of the molecule is O=C(Cc1ccc(CO)cc1)N1CCC2(CCC(=O)N(CCO)C2)CC1. The summed E-state index contributed by atoms with van der Waals surface area (Å²) in [6.07, 6.45) is 3.65. The summed E-state index contributed by atoms with van der Waals surface area (Å²) in [7, 11) is 0. The molecule has 6 heteroatoms. The van der Waals surface area contributed by atoms with Crippen LogP contribution in [-0.4, -0.2) is 64.6 Å². The maximum Gasteiger partial charge on any atom is 0.226 e. The van der Waals surface area contributed by atoms with Gasteiger partial charge in [0.25, 0.3) is 0 Å². The van der Waals surface area contributed by atoms with Gasteiger partial charge in [-0.3, -0.25) is 9.59 Å². The molecule has 2 N–H and O–H groups in total. The van der Waals surface area contributed by atoms with Crippen LogP contribution in [0.25, 0.3) is 0 Å². The van der Waals surface area contributed by atoms with E-state index in [-0.39, 0.29) is 30.4 Å². The number of aliphatic hydroxyl groups excluding tert-OH is 2. The van der Waals surface area contributed by atoms with Gasteiger partial charge in [0.05, 0.1) is 19.6 Å². The number of carbonyl (C=O) groups excluding carboxylic acids is 2. The van der Waals surface area contributed by atoms with E-state index in [2.05, 4.69) is 0 Å². The van der Waals surface area contributed by atoms with Gasteiger partial charge in [0.2, 0.25) is 11.8 Å². The molecule has 0 saturated carbocycles. The van der Waals surface area contributed by atoms with Gasteiger partial charge in [0.15, 0.2) is 0 Å². The van der Waals surface area contributed by atoms with Gasteiger partial charge in [-0.2, -0.15) is 0 Å². The Morgan fingerprint density at radius 3 is 2.31 bits per heavy atom. The molecule has 0 aromatic heterocycles. The molecule has 0 atom stereocenters. The minimum atomic E-state index is 0.00149. The highest BCUT2D eigenvalue weighted by atomic mass is 16.3. The van der Waals surface area contributed by atoms with Gasteiger partial charge in [-0.15, -0.1) is 0 Å². The van der Waals surface area contributed by atoms with Crippen LogP contribution in [0.2, 0.25) is 0 Å². The average Bonchev–Trinajstić information content (AvgIpc) is 2.66. The van der Waals surface area contributed by atoms with E-state index >= 15 is 0 Å². The van der Waals surface area contributed by atoms with Crippen molar-refractivity contribution in [1.29, 1.82) is 0 Å². The Bertz CT molecular complexity index is 636. The molecule has 1 aromatic carbocycles. The molecule has 2 heterocycles. The van der Waals surface area contributed by atoms with Gasteiger partial charge in [-0.25, -0.2) is 0 Å². The minimum Gasteiger partial charge on any atom is -0.395 e. The Morgan fingerprint density at radius 2 is 1.69 bits per heavy atom. The lowest BCUT2D eigenvalue weighted by atomic mass is 9.72. The van der Waals surface area contributed by atoms with E-state index in [0.717, 1.165) is 43.5 Å². The zero-order chi connectivity index (χ0) is 18.6. The number of aliphatic hydroxyl groups is 2. The summed E-state index contributed by atoms with van der Waals surface area (Å²) in [6, 6.07) is 7.49. The quantitative estimate of drug-likeness (QED) is 0.819. The number of benzene rings is 1. The fraction of sp³-hybridized carbons (Fsp3) is 0.600. The monoisotopic (exact) mass is 360 g/mol. The van der Waals surface area contributed by atoms with Crippen LogP contribution < -0.4 is 0 Å². The zero-order valence-electron chi connectivity index (χ0n) is 15.2. The van der Waals surface area contributed by atoms with Crippen LogP contribution in [-0.2, 0) is 22.6 Å². The smallest absolute Gasteiger partial charge is 0.226 e. The predicted molar refractivity (Wildman–Crippen MR) is 97.2 cm³/mol.